The van der Waals surface area contributed by atoms with E-state index in [4.69, 9.17) is 25.8 Å². The van der Waals surface area contributed by atoms with Gasteiger partial charge in [0.1, 0.15) is 12.3 Å². The summed E-state index contributed by atoms with van der Waals surface area (Å²) in [6.45, 7) is 1.41. The molecule has 0 aliphatic rings. The molecule has 0 aromatic heterocycles. The first-order valence-corrected chi connectivity index (χ1v) is 14.5. The van der Waals surface area contributed by atoms with Crippen molar-refractivity contribution >= 4 is 33.2 Å². The van der Waals surface area contributed by atoms with E-state index in [0.29, 0.717) is 5.75 Å². The average molecular weight is 595 g/mol. The lowest BCUT2D eigenvalue weighted by atomic mass is 9.95. The van der Waals surface area contributed by atoms with Gasteiger partial charge in [-0.05, 0) is 53.9 Å². The Labute approximate surface area is 245 Å². The highest BCUT2D eigenvalue weighted by atomic mass is 35.5. The van der Waals surface area contributed by atoms with E-state index in [2.05, 4.69) is 5.32 Å². The Morgan fingerprint density at radius 3 is 2.12 bits per heavy atom. The van der Waals surface area contributed by atoms with Crippen LogP contribution in [0.4, 0.5) is 5.69 Å². The number of sulfonamides is 1. The number of hydrogen-bond acceptors (Lipinski definition) is 6. The van der Waals surface area contributed by atoms with Gasteiger partial charge in [-0.25, -0.2) is 8.42 Å². The van der Waals surface area contributed by atoms with Gasteiger partial charge in [0.15, 0.2) is 11.5 Å². The summed E-state index contributed by atoms with van der Waals surface area (Å²) in [5.74, 6) is 0.276. The Kier molecular flexibility index (Phi) is 9.42. The highest BCUT2D eigenvalue weighted by molar-refractivity contribution is 7.92. The third-order valence-corrected chi connectivity index (χ3v) is 8.57. The molecular weight excluding hydrogens is 564 g/mol. The van der Waals surface area contributed by atoms with Crippen molar-refractivity contribution in [2.45, 2.75) is 17.9 Å². The number of nitrogens with one attached hydrogen (secondary N) is 1. The molecule has 0 fully saturated rings. The SMILES string of the molecule is COc1ccc(S(=O)(=O)N(CC(=O)N[C@H](c2ccccc2)c2ccccc2C)c2cc(Cl)ccc2OC)cc1OC. The summed E-state index contributed by atoms with van der Waals surface area (Å²) in [7, 11) is -0.0498. The number of amides is 1. The van der Waals surface area contributed by atoms with Crippen molar-refractivity contribution in [3.8, 4) is 17.2 Å². The summed E-state index contributed by atoms with van der Waals surface area (Å²) >= 11 is 6.29. The number of carbonyl (C=O) groups excluding carboxylic acids is 1. The standard InChI is InChI=1S/C31H31ClN2O6S/c1-21-10-8-9-13-25(21)31(22-11-6-5-7-12-22)33-30(35)20-34(26-18-23(32)14-16-27(26)38-2)41(36,37)24-15-17-28(39-3)29(19-24)40-4/h5-19,31H,20H2,1-4H3,(H,33,35)/t31-/m1/s1. The average Bonchev–Trinajstić information content (AvgIpc) is 2.99. The van der Waals surface area contributed by atoms with Crippen LogP contribution >= 0.6 is 11.6 Å². The van der Waals surface area contributed by atoms with Gasteiger partial charge in [-0.2, -0.15) is 0 Å². The van der Waals surface area contributed by atoms with Gasteiger partial charge in [-0.15, -0.1) is 0 Å². The first-order chi connectivity index (χ1) is 19.7. The number of ether oxygens (including phenoxy) is 3. The predicted octanol–water partition coefficient (Wildman–Crippen LogP) is 5.78. The predicted molar refractivity (Wildman–Crippen MR) is 160 cm³/mol. The molecule has 0 aliphatic heterocycles. The summed E-state index contributed by atoms with van der Waals surface area (Å²) in [5, 5.41) is 3.32. The van der Waals surface area contributed by atoms with Gasteiger partial charge in [0.25, 0.3) is 10.0 Å². The molecule has 0 saturated carbocycles. The van der Waals surface area contributed by atoms with Crippen molar-refractivity contribution in [2.24, 2.45) is 0 Å². The highest BCUT2D eigenvalue weighted by Gasteiger charge is 2.31. The number of hydrogen-bond donors (Lipinski definition) is 1. The van der Waals surface area contributed by atoms with Gasteiger partial charge < -0.3 is 19.5 Å². The normalized spacial score (nSPS) is 11.8. The molecule has 0 bridgehead atoms. The summed E-state index contributed by atoms with van der Waals surface area (Å²) in [5.41, 5.74) is 2.83. The minimum absolute atomic E-state index is 0.108. The largest absolute Gasteiger partial charge is 0.495 e. The zero-order valence-corrected chi connectivity index (χ0v) is 24.7. The quantitative estimate of drug-likeness (QED) is 0.237. The van der Waals surface area contributed by atoms with Crippen molar-refractivity contribution in [1.29, 1.82) is 0 Å². The fraction of sp³-hybridized carbons (Fsp3) is 0.194. The number of rotatable bonds is 11. The topological polar surface area (TPSA) is 94.2 Å². The molecule has 4 rings (SSSR count). The molecule has 8 nitrogen and oxygen atoms in total. The molecule has 0 radical (unpaired) electrons. The van der Waals surface area contributed by atoms with Gasteiger partial charge in [0.2, 0.25) is 5.91 Å². The highest BCUT2D eigenvalue weighted by Crippen LogP contribution is 2.37. The fourth-order valence-electron chi connectivity index (χ4n) is 4.50. The van der Waals surface area contributed by atoms with Crippen LogP contribution in [0.3, 0.4) is 0 Å². The zero-order chi connectivity index (χ0) is 29.6. The summed E-state index contributed by atoms with van der Waals surface area (Å²) in [4.78, 5) is 13.6. The van der Waals surface area contributed by atoms with E-state index < -0.39 is 28.5 Å². The minimum Gasteiger partial charge on any atom is -0.495 e. The van der Waals surface area contributed by atoms with E-state index in [1.54, 1.807) is 12.1 Å². The number of carbonyl (C=O) groups is 1. The summed E-state index contributed by atoms with van der Waals surface area (Å²) < 4.78 is 45.3. The maximum atomic E-state index is 14.1. The second kappa shape index (κ2) is 13.0. The fourth-order valence-corrected chi connectivity index (χ4v) is 6.10. The molecule has 0 aliphatic carbocycles. The van der Waals surface area contributed by atoms with E-state index in [0.717, 1.165) is 21.0 Å². The van der Waals surface area contributed by atoms with Gasteiger partial charge in [0, 0.05) is 11.1 Å². The van der Waals surface area contributed by atoms with Gasteiger partial charge >= 0.3 is 0 Å². The Bertz CT molecular complexity index is 1630. The van der Waals surface area contributed by atoms with Crippen molar-refractivity contribution < 1.29 is 27.4 Å². The number of benzene rings is 4. The Morgan fingerprint density at radius 2 is 1.46 bits per heavy atom. The molecule has 1 N–H and O–H groups in total. The van der Waals surface area contributed by atoms with Gasteiger partial charge in [-0.1, -0.05) is 66.2 Å². The molecule has 4 aromatic carbocycles. The Balaban J connectivity index is 1.78. The van der Waals surface area contributed by atoms with Crippen LogP contribution in [-0.4, -0.2) is 42.2 Å². The Morgan fingerprint density at radius 1 is 0.829 bits per heavy atom. The van der Waals surface area contributed by atoms with Crippen LogP contribution in [0, 0.1) is 6.92 Å². The van der Waals surface area contributed by atoms with Gasteiger partial charge in [0.05, 0.1) is 38.0 Å². The number of anilines is 1. The summed E-state index contributed by atoms with van der Waals surface area (Å²) in [6.07, 6.45) is 0. The van der Waals surface area contributed by atoms with Crippen molar-refractivity contribution in [2.75, 3.05) is 32.2 Å². The van der Waals surface area contributed by atoms with Crippen LogP contribution < -0.4 is 23.8 Å². The first kappa shape index (κ1) is 29.8. The second-order valence-electron chi connectivity index (χ2n) is 9.11. The number of nitrogens with zero attached hydrogens (tertiary/aromatic N) is 1. The van der Waals surface area contributed by atoms with Gasteiger partial charge in [-0.3, -0.25) is 9.10 Å². The van der Waals surface area contributed by atoms with E-state index in [1.165, 1.54) is 45.6 Å². The smallest absolute Gasteiger partial charge is 0.265 e. The molecule has 10 heteroatoms. The van der Waals surface area contributed by atoms with E-state index in [-0.39, 0.29) is 27.1 Å². The molecule has 214 valence electrons. The van der Waals surface area contributed by atoms with Crippen LogP contribution in [0.25, 0.3) is 0 Å². The third kappa shape index (κ3) is 6.58. The zero-order valence-electron chi connectivity index (χ0n) is 23.1. The molecule has 0 unspecified atom stereocenters. The molecule has 0 spiro atoms. The lowest BCUT2D eigenvalue weighted by molar-refractivity contribution is -0.120. The number of aryl methyl sites for hydroxylation is 1. The molecule has 41 heavy (non-hydrogen) atoms. The van der Waals surface area contributed by atoms with Crippen molar-refractivity contribution in [3.05, 3.63) is 113 Å². The summed E-state index contributed by atoms with van der Waals surface area (Å²) in [6, 6.07) is 25.5. The second-order valence-corrected chi connectivity index (χ2v) is 11.4. The molecule has 1 atom stereocenters. The lowest BCUT2D eigenvalue weighted by Gasteiger charge is -2.28. The number of methoxy groups -OCH3 is 3. The van der Waals surface area contributed by atoms with Crippen LogP contribution in [0.1, 0.15) is 22.7 Å². The number of halogens is 1. The maximum absolute atomic E-state index is 14.1. The van der Waals surface area contributed by atoms with Crippen molar-refractivity contribution in [1.82, 2.24) is 5.32 Å². The third-order valence-electron chi connectivity index (χ3n) is 6.58. The first-order valence-electron chi connectivity index (χ1n) is 12.7. The minimum atomic E-state index is -4.33. The molecule has 0 heterocycles. The van der Waals surface area contributed by atoms with E-state index >= 15 is 0 Å². The molecule has 4 aromatic rings. The van der Waals surface area contributed by atoms with E-state index in [9.17, 15) is 13.2 Å². The maximum Gasteiger partial charge on any atom is 0.265 e. The van der Waals surface area contributed by atoms with Crippen LogP contribution in [-0.2, 0) is 14.8 Å². The molecule has 0 saturated heterocycles. The van der Waals surface area contributed by atoms with Crippen LogP contribution in [0.5, 0.6) is 17.2 Å². The Hall–Kier alpha value is -4.21. The van der Waals surface area contributed by atoms with Crippen LogP contribution in [0.2, 0.25) is 5.02 Å². The molecular formula is C31H31ClN2O6S. The molecule has 1 amide bonds. The van der Waals surface area contributed by atoms with Crippen LogP contribution in [0.15, 0.2) is 95.9 Å². The van der Waals surface area contributed by atoms with E-state index in [1.807, 2.05) is 61.5 Å². The lowest BCUT2D eigenvalue weighted by Crippen LogP contribution is -2.42. The monoisotopic (exact) mass is 594 g/mol. The van der Waals surface area contributed by atoms with Crippen molar-refractivity contribution in [3.63, 3.8) is 0 Å².